The van der Waals surface area contributed by atoms with Gasteiger partial charge in [-0.05, 0) is 28.8 Å². The van der Waals surface area contributed by atoms with Gasteiger partial charge in [0, 0.05) is 46.0 Å². The van der Waals surface area contributed by atoms with Crippen LogP contribution < -0.4 is 5.73 Å². The third kappa shape index (κ3) is 4.50. The number of H-pyrrole nitrogens is 1. The van der Waals surface area contributed by atoms with Crippen molar-refractivity contribution in [1.29, 1.82) is 0 Å². The van der Waals surface area contributed by atoms with E-state index in [1.807, 2.05) is 30.5 Å². The van der Waals surface area contributed by atoms with Gasteiger partial charge in [0.1, 0.15) is 6.10 Å². The van der Waals surface area contributed by atoms with Crippen LogP contribution >= 0.6 is 0 Å². The summed E-state index contributed by atoms with van der Waals surface area (Å²) in [4.78, 5) is 28.5. The zero-order chi connectivity index (χ0) is 21.7. The molecule has 154 valence electrons. The summed E-state index contributed by atoms with van der Waals surface area (Å²) < 4.78 is 5.36. The minimum Gasteiger partial charge on any atom is -0.445 e. The van der Waals surface area contributed by atoms with Gasteiger partial charge in [-0.2, -0.15) is 0 Å². The molecule has 2 unspecified atom stereocenters. The number of primary amides is 1. The van der Waals surface area contributed by atoms with Crippen molar-refractivity contribution in [2.24, 2.45) is 10.8 Å². The van der Waals surface area contributed by atoms with Crippen LogP contribution in [0.4, 0.5) is 10.5 Å². The van der Waals surface area contributed by atoms with E-state index in [4.69, 9.17) is 16.0 Å². The Labute approximate surface area is 171 Å². The molecule has 0 aliphatic rings. The first-order valence-electron chi connectivity index (χ1n) is 9.20. The van der Waals surface area contributed by atoms with Gasteiger partial charge in [-0.15, -0.1) is 0 Å². The number of aromatic nitrogens is 1. The topological polar surface area (TPSA) is 160 Å². The Kier molecular flexibility index (Phi) is 6.19. The van der Waals surface area contributed by atoms with Gasteiger partial charge in [-0.1, -0.05) is 36.3 Å². The number of para-hydroxylation sites is 1. The minimum atomic E-state index is -0.959. The molecule has 0 spiro atoms. The van der Waals surface area contributed by atoms with Crippen LogP contribution in [-0.4, -0.2) is 22.1 Å². The Morgan fingerprint density at radius 2 is 2.13 bits per heavy atom. The predicted molar refractivity (Wildman–Crippen MR) is 111 cm³/mol. The highest BCUT2D eigenvalue weighted by Gasteiger charge is 2.29. The van der Waals surface area contributed by atoms with Crippen molar-refractivity contribution in [3.8, 4) is 0 Å². The highest BCUT2D eigenvalue weighted by Crippen LogP contribution is 2.33. The lowest BCUT2D eigenvalue weighted by Gasteiger charge is -2.24. The molecule has 1 amide bonds. The number of fused-ring (bicyclic) bond motifs is 1. The van der Waals surface area contributed by atoms with Crippen LogP contribution in [0.5, 0.6) is 0 Å². The number of aromatic amines is 1. The molecular weight excluding hydrogens is 388 g/mol. The molecule has 10 heteroatoms. The molecule has 10 nitrogen and oxygen atoms in total. The summed E-state index contributed by atoms with van der Waals surface area (Å²) >= 11 is 0. The van der Waals surface area contributed by atoms with E-state index in [1.165, 1.54) is 12.1 Å². The first-order valence-corrected chi connectivity index (χ1v) is 9.20. The quantitative estimate of drug-likeness (QED) is 0.182. The van der Waals surface area contributed by atoms with Crippen LogP contribution in [-0.2, 0) is 17.7 Å². The van der Waals surface area contributed by atoms with Gasteiger partial charge in [0.2, 0.25) is 0 Å². The van der Waals surface area contributed by atoms with Crippen molar-refractivity contribution in [2.75, 3.05) is 0 Å². The average Bonchev–Trinajstić information content (AvgIpc) is 3.13. The van der Waals surface area contributed by atoms with Crippen molar-refractivity contribution in [3.05, 3.63) is 85.9 Å². The molecule has 0 saturated heterocycles. The maximum absolute atomic E-state index is 11.6. The van der Waals surface area contributed by atoms with E-state index >= 15 is 0 Å². The number of nitrogens with zero attached hydrogens (tertiary/aromatic N) is 4. The van der Waals surface area contributed by atoms with Gasteiger partial charge in [0.25, 0.3) is 5.69 Å². The molecule has 0 fully saturated rings. The summed E-state index contributed by atoms with van der Waals surface area (Å²) in [5, 5.41) is 16.0. The van der Waals surface area contributed by atoms with E-state index in [1.54, 1.807) is 13.0 Å². The number of ether oxygens (including phenoxy) is 1. The van der Waals surface area contributed by atoms with Gasteiger partial charge in [-0.25, -0.2) is 4.79 Å². The number of nitro groups is 1. The number of hydrogen-bond acceptors (Lipinski definition) is 5. The molecule has 3 N–H and O–H groups in total. The van der Waals surface area contributed by atoms with Crippen LogP contribution in [0.1, 0.15) is 29.5 Å². The average molecular weight is 408 g/mol. The lowest BCUT2D eigenvalue weighted by atomic mass is 9.89. The molecule has 0 aliphatic heterocycles. The lowest BCUT2D eigenvalue weighted by Crippen LogP contribution is -2.29. The third-order valence-corrected chi connectivity index (χ3v) is 5.02. The minimum absolute atomic E-state index is 0.0536. The number of azide groups is 1. The molecule has 0 radical (unpaired) electrons. The Bertz CT molecular complexity index is 1140. The fraction of sp³-hybridized carbons (Fsp3) is 0.250. The summed E-state index contributed by atoms with van der Waals surface area (Å²) in [6, 6.07) is 12.2. The predicted octanol–water partition coefficient (Wildman–Crippen LogP) is 4.70. The van der Waals surface area contributed by atoms with Crippen LogP contribution in [0.3, 0.4) is 0 Å². The molecule has 30 heavy (non-hydrogen) atoms. The van der Waals surface area contributed by atoms with E-state index in [2.05, 4.69) is 15.0 Å². The molecule has 0 aliphatic carbocycles. The van der Waals surface area contributed by atoms with Crippen molar-refractivity contribution >= 4 is 22.7 Å². The van der Waals surface area contributed by atoms with E-state index in [0.717, 1.165) is 16.5 Å². The number of hydrogen-bond donors (Lipinski definition) is 2. The Morgan fingerprint density at radius 3 is 2.83 bits per heavy atom. The Morgan fingerprint density at radius 1 is 1.37 bits per heavy atom. The van der Waals surface area contributed by atoms with Gasteiger partial charge in [-0.3, -0.25) is 10.1 Å². The largest absolute Gasteiger partial charge is 0.445 e. The van der Waals surface area contributed by atoms with Gasteiger partial charge in [0.05, 0.1) is 11.5 Å². The number of carbonyl (C=O) groups excluding carboxylic acids is 1. The van der Waals surface area contributed by atoms with E-state index in [-0.39, 0.29) is 12.2 Å². The molecule has 0 bridgehead atoms. The molecular formula is C20H20N6O4. The van der Waals surface area contributed by atoms with Gasteiger partial charge >= 0.3 is 6.09 Å². The zero-order valence-electron chi connectivity index (χ0n) is 16.2. The molecule has 0 saturated carbocycles. The third-order valence-electron chi connectivity index (χ3n) is 5.02. The first-order chi connectivity index (χ1) is 14.4. The summed E-state index contributed by atoms with van der Waals surface area (Å²) in [6.45, 7) is 1.79. The van der Waals surface area contributed by atoms with E-state index in [9.17, 15) is 14.9 Å². The SMILES string of the molecule is CC(c1cc(CN=[N+]=[N-])ccc1[N+](=O)[O-])C(Cc1c[nH]c2ccccc12)OC(N)=O. The molecule has 2 aromatic carbocycles. The maximum Gasteiger partial charge on any atom is 0.404 e. The first kappa shape index (κ1) is 20.7. The van der Waals surface area contributed by atoms with Crippen molar-refractivity contribution in [3.63, 3.8) is 0 Å². The number of nitro benzene ring substituents is 1. The van der Waals surface area contributed by atoms with Gasteiger partial charge in [0.15, 0.2) is 0 Å². The van der Waals surface area contributed by atoms with Crippen molar-refractivity contribution in [1.82, 2.24) is 4.98 Å². The standard InChI is InChI=1S/C20H20N6O4/c1-12(16-8-13(10-24-25-22)6-7-18(16)26(28)29)19(30-20(21)27)9-14-11-23-17-5-3-2-4-15(14)17/h2-8,11-12,19,23H,9-10H2,1H3,(H2,21,27). The summed E-state index contributed by atoms with van der Waals surface area (Å²) in [5.41, 5.74) is 16.5. The molecule has 2 atom stereocenters. The molecule has 3 rings (SSSR count). The van der Waals surface area contributed by atoms with Crippen molar-refractivity contribution in [2.45, 2.75) is 31.9 Å². The lowest BCUT2D eigenvalue weighted by molar-refractivity contribution is -0.385. The second kappa shape index (κ2) is 8.97. The molecule has 3 aromatic rings. The zero-order valence-corrected chi connectivity index (χ0v) is 16.2. The number of nitrogens with two attached hydrogens (primary N) is 1. The fourth-order valence-electron chi connectivity index (χ4n) is 3.53. The van der Waals surface area contributed by atoms with Gasteiger partial charge < -0.3 is 15.5 Å². The normalized spacial score (nSPS) is 12.7. The number of amides is 1. The highest BCUT2D eigenvalue weighted by atomic mass is 16.6. The Balaban J connectivity index is 2.00. The maximum atomic E-state index is 11.6. The molecule has 1 heterocycles. The number of carbonyl (C=O) groups is 1. The monoisotopic (exact) mass is 408 g/mol. The summed E-state index contributed by atoms with van der Waals surface area (Å²) in [6.07, 6.45) is 0.433. The van der Waals surface area contributed by atoms with Crippen LogP contribution in [0.2, 0.25) is 0 Å². The van der Waals surface area contributed by atoms with Crippen LogP contribution in [0.15, 0.2) is 53.8 Å². The highest BCUT2D eigenvalue weighted by molar-refractivity contribution is 5.83. The smallest absolute Gasteiger partial charge is 0.404 e. The number of nitrogens with one attached hydrogen (secondary N) is 1. The summed E-state index contributed by atoms with van der Waals surface area (Å²) in [7, 11) is 0. The molecule has 1 aromatic heterocycles. The fourth-order valence-corrected chi connectivity index (χ4v) is 3.53. The number of rotatable bonds is 8. The van der Waals surface area contributed by atoms with E-state index < -0.39 is 23.0 Å². The summed E-state index contributed by atoms with van der Waals surface area (Å²) in [5.74, 6) is -0.544. The van der Waals surface area contributed by atoms with Crippen LogP contribution in [0.25, 0.3) is 21.3 Å². The van der Waals surface area contributed by atoms with E-state index in [0.29, 0.717) is 17.5 Å². The Hall–Kier alpha value is -4.04. The number of benzene rings is 2. The second-order valence-corrected chi connectivity index (χ2v) is 6.87. The second-order valence-electron chi connectivity index (χ2n) is 6.87. The van der Waals surface area contributed by atoms with Crippen LogP contribution in [0, 0.1) is 10.1 Å². The van der Waals surface area contributed by atoms with Crippen molar-refractivity contribution < 1.29 is 14.5 Å².